The van der Waals surface area contributed by atoms with E-state index < -0.39 is 18.2 Å². The van der Waals surface area contributed by atoms with E-state index in [0.29, 0.717) is 19.3 Å². The van der Waals surface area contributed by atoms with Gasteiger partial charge in [-0.15, -0.1) is 0 Å². The summed E-state index contributed by atoms with van der Waals surface area (Å²) in [5.74, 6) is -0.549. The second-order valence-corrected chi connectivity index (χ2v) is 17.4. The molecule has 0 spiro atoms. The number of carbonyl (C=O) groups is 2. The summed E-state index contributed by atoms with van der Waals surface area (Å²) in [6, 6.07) is -0.727. The van der Waals surface area contributed by atoms with Crippen LogP contribution in [-0.4, -0.2) is 46.9 Å². The van der Waals surface area contributed by atoms with Gasteiger partial charge in [-0.05, 0) is 38.5 Å². The number of nitrogens with one attached hydrogen (secondary N) is 1. The Morgan fingerprint density at radius 2 is 0.885 bits per heavy atom. The number of esters is 1. The number of hydrogen-bond acceptors (Lipinski definition) is 5. The van der Waals surface area contributed by atoms with Crippen LogP contribution in [0.25, 0.3) is 0 Å². The number of ether oxygens (including phenoxy) is 1. The Labute approximate surface area is 377 Å². The van der Waals surface area contributed by atoms with Crippen LogP contribution in [-0.2, 0) is 14.3 Å². The van der Waals surface area contributed by atoms with Gasteiger partial charge in [0.15, 0.2) is 0 Å². The van der Waals surface area contributed by atoms with Crippen molar-refractivity contribution < 1.29 is 24.5 Å². The largest absolute Gasteiger partial charge is 0.462 e. The molecule has 0 aromatic carbocycles. The number of unbranched alkanes of at least 4 members (excludes halogenated alkanes) is 26. The Morgan fingerprint density at radius 1 is 0.492 bits per heavy atom. The van der Waals surface area contributed by atoms with E-state index in [1.165, 1.54) is 135 Å². The summed E-state index contributed by atoms with van der Waals surface area (Å²) < 4.78 is 5.88. The highest BCUT2D eigenvalue weighted by atomic mass is 16.5. The van der Waals surface area contributed by atoms with Gasteiger partial charge in [0.1, 0.15) is 6.10 Å². The van der Waals surface area contributed by atoms with Crippen molar-refractivity contribution in [1.82, 2.24) is 5.32 Å². The Balaban J connectivity index is 4.63. The van der Waals surface area contributed by atoms with Crippen LogP contribution in [0.4, 0.5) is 0 Å². The van der Waals surface area contributed by atoms with E-state index in [-0.39, 0.29) is 24.9 Å². The summed E-state index contributed by atoms with van der Waals surface area (Å²) in [4.78, 5) is 26.1. The zero-order valence-corrected chi connectivity index (χ0v) is 40.0. The van der Waals surface area contributed by atoms with E-state index >= 15 is 0 Å². The molecule has 0 aromatic heterocycles. The first-order valence-electron chi connectivity index (χ1n) is 25.7. The van der Waals surface area contributed by atoms with E-state index in [1.54, 1.807) is 0 Å². The topological polar surface area (TPSA) is 95.9 Å². The molecule has 6 nitrogen and oxygen atoms in total. The Kier molecular flexibility index (Phi) is 46.2. The van der Waals surface area contributed by atoms with Gasteiger partial charge in [-0.1, -0.05) is 261 Å². The lowest BCUT2D eigenvalue weighted by atomic mass is 10.0. The lowest BCUT2D eigenvalue weighted by Gasteiger charge is -2.24. The number of aliphatic hydroxyl groups excluding tert-OH is 2. The fourth-order valence-corrected chi connectivity index (χ4v) is 7.59. The highest BCUT2D eigenvalue weighted by Gasteiger charge is 2.24. The van der Waals surface area contributed by atoms with Crippen LogP contribution in [0.5, 0.6) is 0 Å². The van der Waals surface area contributed by atoms with Crippen molar-refractivity contribution in [3.8, 4) is 0 Å². The Bertz CT molecular complexity index is 1140. The summed E-state index contributed by atoms with van der Waals surface area (Å²) in [5.41, 5.74) is 0. The Morgan fingerprint density at radius 3 is 1.31 bits per heavy atom. The zero-order chi connectivity index (χ0) is 44.5. The van der Waals surface area contributed by atoms with Gasteiger partial charge in [0.25, 0.3) is 0 Å². The first kappa shape index (κ1) is 58.3. The van der Waals surface area contributed by atoms with E-state index in [4.69, 9.17) is 4.74 Å². The number of carbonyl (C=O) groups excluding carboxylic acids is 2. The quantitative estimate of drug-likeness (QED) is 0.0322. The molecule has 0 heterocycles. The maximum Gasteiger partial charge on any atom is 0.306 e. The minimum absolute atomic E-state index is 0.0259. The molecule has 0 saturated heterocycles. The number of amides is 1. The van der Waals surface area contributed by atoms with Gasteiger partial charge in [0, 0.05) is 6.42 Å². The minimum atomic E-state index is -0.809. The molecule has 0 rings (SSSR count). The highest BCUT2D eigenvalue weighted by Crippen LogP contribution is 2.17. The molecule has 1 amide bonds. The van der Waals surface area contributed by atoms with Gasteiger partial charge < -0.3 is 20.3 Å². The summed E-state index contributed by atoms with van der Waals surface area (Å²) >= 11 is 0. The van der Waals surface area contributed by atoms with Crippen LogP contribution in [0, 0.1) is 0 Å². The highest BCUT2D eigenvalue weighted by molar-refractivity contribution is 5.77. The zero-order valence-electron chi connectivity index (χ0n) is 40.0. The molecule has 0 bridgehead atoms. The molecule has 0 aliphatic carbocycles. The lowest BCUT2D eigenvalue weighted by Crippen LogP contribution is -2.46. The smallest absolute Gasteiger partial charge is 0.306 e. The third kappa shape index (κ3) is 43.7. The molecule has 0 aliphatic rings. The standard InChI is InChI=1S/C55H97NO5/c1-4-7-10-13-16-19-22-24-26-27-29-31-33-35-38-41-44-47-53(58)52(50-57)56-54(59)49-51(61-55(60)48-45-42-39-36-21-18-15-12-9-6-3)46-43-40-37-34-32-30-28-25-23-20-17-14-11-8-5-2/h8,11,14,17,20,23,25,28,30,32,34,37,51-53,57-58H,4-7,9-10,12-13,15-16,18-19,21-22,24,26-27,29,31,33,35-36,38-50H2,1-3H3,(H,56,59)/b11-8-,17-14+,23-20+,28-25-,32-30+,37-34+. The summed E-state index contributed by atoms with van der Waals surface area (Å²) in [7, 11) is 0. The molecule has 352 valence electrons. The molecule has 0 aromatic rings. The average molecular weight is 852 g/mol. The van der Waals surface area contributed by atoms with Crippen molar-refractivity contribution >= 4 is 11.9 Å². The molecule has 3 N–H and O–H groups in total. The summed E-state index contributed by atoms with van der Waals surface area (Å²) in [6.45, 7) is 6.31. The van der Waals surface area contributed by atoms with Gasteiger partial charge in [0.05, 0.1) is 25.2 Å². The second-order valence-electron chi connectivity index (χ2n) is 17.4. The van der Waals surface area contributed by atoms with Crippen molar-refractivity contribution in [2.45, 2.75) is 257 Å². The van der Waals surface area contributed by atoms with Gasteiger partial charge >= 0.3 is 5.97 Å². The van der Waals surface area contributed by atoms with Gasteiger partial charge in [-0.25, -0.2) is 0 Å². The number of rotatable bonds is 45. The van der Waals surface area contributed by atoms with Crippen LogP contribution < -0.4 is 5.32 Å². The molecule has 61 heavy (non-hydrogen) atoms. The Hall–Kier alpha value is -2.70. The molecule has 6 heteroatoms. The maximum atomic E-state index is 13.2. The van der Waals surface area contributed by atoms with Crippen LogP contribution in [0.2, 0.25) is 0 Å². The third-order valence-corrected chi connectivity index (χ3v) is 11.5. The molecular formula is C55H97NO5. The first-order valence-corrected chi connectivity index (χ1v) is 25.7. The molecule has 0 radical (unpaired) electrons. The number of aliphatic hydroxyl groups is 2. The number of allylic oxidation sites excluding steroid dienone is 12. The van der Waals surface area contributed by atoms with E-state index in [0.717, 1.165) is 57.8 Å². The molecule has 3 atom stereocenters. The predicted octanol–water partition coefficient (Wildman–Crippen LogP) is 15.4. The molecule has 0 saturated carbocycles. The van der Waals surface area contributed by atoms with E-state index in [9.17, 15) is 19.8 Å². The van der Waals surface area contributed by atoms with Crippen molar-refractivity contribution in [1.29, 1.82) is 0 Å². The van der Waals surface area contributed by atoms with Gasteiger partial charge in [-0.2, -0.15) is 0 Å². The fraction of sp³-hybridized carbons (Fsp3) is 0.745. The molecule has 3 unspecified atom stereocenters. The number of hydrogen-bond donors (Lipinski definition) is 3. The maximum absolute atomic E-state index is 13.2. The average Bonchev–Trinajstić information content (AvgIpc) is 3.25. The summed E-state index contributed by atoms with van der Waals surface area (Å²) in [5, 5.41) is 23.8. The van der Waals surface area contributed by atoms with Crippen molar-refractivity contribution in [2.75, 3.05) is 6.61 Å². The SMILES string of the molecule is CC\C=C/C=C/C=C/C=C\C=C\C=C\CCCC(CC(=O)NC(CO)C(O)CCCCCCCCCCCCCCCCCCC)OC(=O)CCCCCCCCCCCC. The van der Waals surface area contributed by atoms with Crippen LogP contribution in [0.1, 0.15) is 239 Å². The molecular weight excluding hydrogens is 755 g/mol. The fourth-order valence-electron chi connectivity index (χ4n) is 7.59. The normalized spacial score (nSPS) is 13.9. The molecule has 0 aliphatic heterocycles. The second kappa shape index (κ2) is 48.3. The van der Waals surface area contributed by atoms with E-state index in [2.05, 4.69) is 38.2 Å². The van der Waals surface area contributed by atoms with Crippen LogP contribution >= 0.6 is 0 Å². The minimum Gasteiger partial charge on any atom is -0.462 e. The summed E-state index contributed by atoms with van der Waals surface area (Å²) in [6.07, 6.45) is 61.1. The van der Waals surface area contributed by atoms with Crippen LogP contribution in [0.3, 0.4) is 0 Å². The van der Waals surface area contributed by atoms with Gasteiger partial charge in [0.2, 0.25) is 5.91 Å². The lowest BCUT2D eigenvalue weighted by molar-refractivity contribution is -0.151. The van der Waals surface area contributed by atoms with Crippen LogP contribution in [0.15, 0.2) is 72.9 Å². The monoisotopic (exact) mass is 852 g/mol. The van der Waals surface area contributed by atoms with Crippen molar-refractivity contribution in [3.63, 3.8) is 0 Å². The van der Waals surface area contributed by atoms with E-state index in [1.807, 2.05) is 60.8 Å². The predicted molar refractivity (Wildman–Crippen MR) is 264 cm³/mol. The van der Waals surface area contributed by atoms with Crippen molar-refractivity contribution in [2.24, 2.45) is 0 Å². The van der Waals surface area contributed by atoms with Gasteiger partial charge in [-0.3, -0.25) is 9.59 Å². The first-order chi connectivity index (χ1) is 30.0. The van der Waals surface area contributed by atoms with Crippen molar-refractivity contribution in [3.05, 3.63) is 72.9 Å². The third-order valence-electron chi connectivity index (χ3n) is 11.5. The molecule has 0 fully saturated rings.